The molecule has 25 heavy (non-hydrogen) atoms. The van der Waals surface area contributed by atoms with E-state index in [9.17, 15) is 9.59 Å². The molecule has 0 bridgehead atoms. The fourth-order valence-corrected chi connectivity index (χ4v) is 3.75. The first-order valence-corrected chi connectivity index (χ1v) is 8.57. The summed E-state index contributed by atoms with van der Waals surface area (Å²) in [7, 11) is 0. The number of carbonyl (C=O) groups is 2. The minimum absolute atomic E-state index is 0.124. The van der Waals surface area contributed by atoms with Crippen LogP contribution in [0.1, 0.15) is 29.8 Å². The Morgan fingerprint density at radius 1 is 1.32 bits per heavy atom. The minimum atomic E-state index is -0.373. The molecule has 1 atom stereocenters. The second-order valence-electron chi connectivity index (χ2n) is 6.73. The molecule has 1 amide bonds. The minimum Gasteiger partial charge on any atom is -0.460 e. The van der Waals surface area contributed by atoms with Gasteiger partial charge in [-0.15, -0.1) is 0 Å². The summed E-state index contributed by atoms with van der Waals surface area (Å²) in [5.74, 6) is -0.401. The molecule has 7 heteroatoms. The highest BCUT2D eigenvalue weighted by atomic mass is 16.6. The summed E-state index contributed by atoms with van der Waals surface area (Å²) in [6, 6.07) is 3.68. The third-order valence-electron chi connectivity index (χ3n) is 5.16. The Balaban J connectivity index is 1.43. The van der Waals surface area contributed by atoms with E-state index in [1.807, 2.05) is 12.1 Å². The molecule has 4 rings (SSSR count). The standard InChI is InChI=1S/C18H20N4O3/c23-16(15-14-11-20-5-1-12(14)2-6-21-15)22-10-13-9-18(17(24)25-13)3-7-19-8-4-18/h1-2,5-6,11,13,19H,3-4,7-10H2,(H,22,23). The number of pyridine rings is 2. The maximum Gasteiger partial charge on any atom is 0.312 e. The second kappa shape index (κ2) is 6.40. The lowest BCUT2D eigenvalue weighted by Crippen LogP contribution is -2.39. The van der Waals surface area contributed by atoms with E-state index in [1.165, 1.54) is 0 Å². The predicted molar refractivity (Wildman–Crippen MR) is 90.9 cm³/mol. The molecule has 7 nitrogen and oxygen atoms in total. The normalized spacial score (nSPS) is 22.1. The van der Waals surface area contributed by atoms with E-state index in [2.05, 4.69) is 20.6 Å². The number of esters is 1. The van der Waals surface area contributed by atoms with Crippen LogP contribution in [0.4, 0.5) is 0 Å². The highest BCUT2D eigenvalue weighted by Gasteiger charge is 2.49. The van der Waals surface area contributed by atoms with Crippen molar-refractivity contribution in [3.8, 4) is 0 Å². The summed E-state index contributed by atoms with van der Waals surface area (Å²) in [5.41, 5.74) is -0.0334. The van der Waals surface area contributed by atoms with Crippen LogP contribution in [0.25, 0.3) is 10.8 Å². The Morgan fingerprint density at radius 3 is 2.96 bits per heavy atom. The van der Waals surface area contributed by atoms with Crippen molar-refractivity contribution in [3.63, 3.8) is 0 Å². The lowest BCUT2D eigenvalue weighted by atomic mass is 9.76. The molecule has 1 spiro atoms. The van der Waals surface area contributed by atoms with Gasteiger partial charge in [-0.2, -0.15) is 0 Å². The van der Waals surface area contributed by atoms with Crippen molar-refractivity contribution in [2.24, 2.45) is 5.41 Å². The summed E-state index contributed by atoms with van der Waals surface area (Å²) in [6.07, 6.45) is 6.91. The monoisotopic (exact) mass is 340 g/mol. The Labute approximate surface area is 145 Å². The predicted octanol–water partition coefficient (Wildman–Crippen LogP) is 1.04. The van der Waals surface area contributed by atoms with E-state index >= 15 is 0 Å². The van der Waals surface area contributed by atoms with Crippen LogP contribution in [0.5, 0.6) is 0 Å². The Bertz CT molecular complexity index is 812. The van der Waals surface area contributed by atoms with Crippen LogP contribution in [0.2, 0.25) is 0 Å². The van der Waals surface area contributed by atoms with Gasteiger partial charge in [0.1, 0.15) is 11.8 Å². The van der Waals surface area contributed by atoms with Crippen LogP contribution in [0, 0.1) is 5.41 Å². The molecule has 0 aliphatic carbocycles. The molecule has 2 saturated heterocycles. The number of amides is 1. The maximum absolute atomic E-state index is 12.5. The number of cyclic esters (lactones) is 1. The van der Waals surface area contributed by atoms with Gasteiger partial charge in [0.2, 0.25) is 0 Å². The van der Waals surface area contributed by atoms with Crippen molar-refractivity contribution >= 4 is 22.6 Å². The molecule has 2 aromatic heterocycles. The third kappa shape index (κ3) is 2.95. The average molecular weight is 340 g/mol. The van der Waals surface area contributed by atoms with Gasteiger partial charge in [-0.05, 0) is 43.5 Å². The molecular formula is C18H20N4O3. The summed E-state index contributed by atoms with van der Waals surface area (Å²) in [6.45, 7) is 1.97. The first-order valence-electron chi connectivity index (χ1n) is 8.57. The molecule has 2 N–H and O–H groups in total. The Morgan fingerprint density at radius 2 is 2.12 bits per heavy atom. The van der Waals surface area contributed by atoms with Gasteiger partial charge in [0.15, 0.2) is 0 Å². The zero-order valence-corrected chi connectivity index (χ0v) is 13.8. The summed E-state index contributed by atoms with van der Waals surface area (Å²) < 4.78 is 5.51. The van der Waals surface area contributed by atoms with Crippen LogP contribution in [0.15, 0.2) is 30.7 Å². The van der Waals surface area contributed by atoms with E-state index in [0.29, 0.717) is 24.0 Å². The summed E-state index contributed by atoms with van der Waals surface area (Å²) >= 11 is 0. The lowest BCUT2D eigenvalue weighted by molar-refractivity contribution is -0.149. The third-order valence-corrected chi connectivity index (χ3v) is 5.16. The van der Waals surface area contributed by atoms with E-state index in [-0.39, 0.29) is 23.4 Å². The molecule has 0 radical (unpaired) electrons. The highest BCUT2D eigenvalue weighted by molar-refractivity contribution is 6.04. The van der Waals surface area contributed by atoms with Crippen LogP contribution >= 0.6 is 0 Å². The van der Waals surface area contributed by atoms with E-state index < -0.39 is 0 Å². The first kappa shape index (κ1) is 16.0. The molecule has 2 aliphatic heterocycles. The number of hydrogen-bond donors (Lipinski definition) is 2. The molecule has 4 heterocycles. The van der Waals surface area contributed by atoms with Crippen molar-refractivity contribution < 1.29 is 14.3 Å². The van der Waals surface area contributed by atoms with E-state index in [4.69, 9.17) is 4.74 Å². The van der Waals surface area contributed by atoms with E-state index in [1.54, 1.807) is 18.6 Å². The number of nitrogens with one attached hydrogen (secondary N) is 2. The zero-order valence-electron chi connectivity index (χ0n) is 13.8. The van der Waals surface area contributed by atoms with Crippen LogP contribution in [0.3, 0.4) is 0 Å². The fraction of sp³-hybridized carbons (Fsp3) is 0.444. The van der Waals surface area contributed by atoms with Crippen molar-refractivity contribution in [3.05, 3.63) is 36.4 Å². The SMILES string of the molecule is O=C(NCC1CC2(CCNCC2)C(=O)O1)c1nccc2ccncc12. The summed E-state index contributed by atoms with van der Waals surface area (Å²) in [4.78, 5) is 33.0. The van der Waals surface area contributed by atoms with E-state index in [0.717, 1.165) is 31.3 Å². The van der Waals surface area contributed by atoms with Crippen LogP contribution < -0.4 is 10.6 Å². The van der Waals surface area contributed by atoms with Gasteiger partial charge < -0.3 is 15.4 Å². The molecule has 130 valence electrons. The molecule has 1 unspecified atom stereocenters. The van der Waals surface area contributed by atoms with Gasteiger partial charge in [-0.1, -0.05) is 0 Å². The first-order chi connectivity index (χ1) is 12.2. The number of aromatic nitrogens is 2. The van der Waals surface area contributed by atoms with Crippen molar-refractivity contribution in [2.45, 2.75) is 25.4 Å². The topological polar surface area (TPSA) is 93.2 Å². The lowest BCUT2D eigenvalue weighted by Gasteiger charge is -2.29. The zero-order chi connectivity index (χ0) is 17.3. The quantitative estimate of drug-likeness (QED) is 0.811. The van der Waals surface area contributed by atoms with Gasteiger partial charge in [-0.25, -0.2) is 0 Å². The van der Waals surface area contributed by atoms with Gasteiger partial charge in [0.05, 0.1) is 12.0 Å². The number of piperidine rings is 1. The number of hydrogen-bond acceptors (Lipinski definition) is 6. The molecule has 0 saturated carbocycles. The molecular weight excluding hydrogens is 320 g/mol. The molecule has 2 aromatic rings. The van der Waals surface area contributed by atoms with Gasteiger partial charge in [0.25, 0.3) is 5.91 Å². The second-order valence-corrected chi connectivity index (χ2v) is 6.73. The Kier molecular flexibility index (Phi) is 4.09. The van der Waals surface area contributed by atoms with Crippen molar-refractivity contribution in [2.75, 3.05) is 19.6 Å². The molecule has 0 aromatic carbocycles. The van der Waals surface area contributed by atoms with Crippen LogP contribution in [-0.4, -0.2) is 47.6 Å². The average Bonchev–Trinajstić information content (AvgIpc) is 2.95. The van der Waals surface area contributed by atoms with Gasteiger partial charge >= 0.3 is 5.97 Å². The molecule has 2 aliphatic rings. The van der Waals surface area contributed by atoms with Gasteiger partial charge in [0, 0.05) is 30.4 Å². The van der Waals surface area contributed by atoms with Crippen molar-refractivity contribution in [1.29, 1.82) is 0 Å². The maximum atomic E-state index is 12.5. The summed E-state index contributed by atoms with van der Waals surface area (Å²) in [5, 5.41) is 7.74. The van der Waals surface area contributed by atoms with Gasteiger partial charge in [-0.3, -0.25) is 19.6 Å². The number of ether oxygens (including phenoxy) is 1. The highest BCUT2D eigenvalue weighted by Crippen LogP contribution is 2.41. The van der Waals surface area contributed by atoms with Crippen LogP contribution in [-0.2, 0) is 9.53 Å². The number of rotatable bonds is 3. The molecule has 2 fully saturated rings. The largest absolute Gasteiger partial charge is 0.460 e. The number of fused-ring (bicyclic) bond motifs is 1. The Hall–Kier alpha value is -2.54. The van der Waals surface area contributed by atoms with Crippen molar-refractivity contribution in [1.82, 2.24) is 20.6 Å². The smallest absolute Gasteiger partial charge is 0.312 e. The number of carbonyl (C=O) groups excluding carboxylic acids is 2. The fourth-order valence-electron chi connectivity index (χ4n) is 3.75. The number of nitrogens with zero attached hydrogens (tertiary/aromatic N) is 2.